The molecular weight excluding hydrogens is 185 g/mol. The molecule has 0 aromatic carbocycles. The van der Waals surface area contributed by atoms with Crippen LogP contribution in [0.3, 0.4) is 0 Å². The van der Waals surface area contributed by atoms with Crippen LogP contribution >= 0.6 is 23.2 Å². The van der Waals surface area contributed by atoms with Gasteiger partial charge in [-0.1, -0.05) is 29.1 Å². The third-order valence-corrected chi connectivity index (χ3v) is 1.54. The van der Waals surface area contributed by atoms with Crippen LogP contribution in [0.1, 0.15) is 6.92 Å². The molecular formula is C7H9Cl2NO. The molecule has 0 saturated heterocycles. The van der Waals surface area contributed by atoms with E-state index >= 15 is 0 Å². The van der Waals surface area contributed by atoms with E-state index in [-0.39, 0.29) is 12.5 Å². The van der Waals surface area contributed by atoms with Crippen molar-refractivity contribution >= 4 is 29.1 Å². The number of hydrogen-bond donors (Lipinski definition) is 0. The lowest BCUT2D eigenvalue weighted by atomic mass is 10.4. The fraction of sp³-hybridized carbons (Fsp3) is 0.571. The molecule has 0 aromatic heterocycles. The van der Waals surface area contributed by atoms with Crippen molar-refractivity contribution < 1.29 is 4.79 Å². The molecule has 0 heterocycles. The fourth-order valence-electron chi connectivity index (χ4n) is 0.594. The zero-order valence-electron chi connectivity index (χ0n) is 6.18. The van der Waals surface area contributed by atoms with Gasteiger partial charge in [0.15, 0.2) is 4.84 Å². The number of alkyl halides is 2. The molecule has 0 unspecified atom stereocenters. The summed E-state index contributed by atoms with van der Waals surface area (Å²) < 4.78 is 0. The van der Waals surface area contributed by atoms with Crippen LogP contribution in [0.4, 0.5) is 0 Å². The molecule has 0 spiro atoms. The lowest BCUT2D eigenvalue weighted by Gasteiger charge is -2.17. The molecule has 2 nitrogen and oxygen atoms in total. The number of carbonyl (C=O) groups is 1. The van der Waals surface area contributed by atoms with Gasteiger partial charge in [-0.05, 0) is 6.92 Å². The maximum absolute atomic E-state index is 11.0. The SMILES string of the molecule is C#CCN(CC)C(=O)C(Cl)Cl. The highest BCUT2D eigenvalue weighted by molar-refractivity contribution is 6.53. The smallest absolute Gasteiger partial charge is 0.256 e. The van der Waals surface area contributed by atoms with Crippen molar-refractivity contribution in [1.29, 1.82) is 0 Å². The maximum atomic E-state index is 11.0. The number of carbonyl (C=O) groups excluding carboxylic acids is 1. The van der Waals surface area contributed by atoms with Gasteiger partial charge >= 0.3 is 0 Å². The van der Waals surface area contributed by atoms with Crippen LogP contribution in [0.25, 0.3) is 0 Å². The molecule has 0 rings (SSSR count). The van der Waals surface area contributed by atoms with Crippen LogP contribution in [0.5, 0.6) is 0 Å². The number of hydrogen-bond acceptors (Lipinski definition) is 1. The predicted molar refractivity (Wildman–Crippen MR) is 46.6 cm³/mol. The van der Waals surface area contributed by atoms with Crippen molar-refractivity contribution in [3.05, 3.63) is 0 Å². The second-order valence-corrected chi connectivity index (χ2v) is 2.95. The molecule has 0 atom stereocenters. The Morgan fingerprint density at radius 3 is 2.55 bits per heavy atom. The molecule has 62 valence electrons. The first-order valence-electron chi connectivity index (χ1n) is 3.13. The minimum Gasteiger partial charge on any atom is -0.329 e. The van der Waals surface area contributed by atoms with Crippen LogP contribution in [0.15, 0.2) is 0 Å². The van der Waals surface area contributed by atoms with Crippen LogP contribution < -0.4 is 0 Å². The Kier molecular flexibility index (Phi) is 5.10. The first-order valence-corrected chi connectivity index (χ1v) is 4.01. The Balaban J connectivity index is 4.05. The summed E-state index contributed by atoms with van der Waals surface area (Å²) in [5.41, 5.74) is 0. The number of nitrogens with zero attached hydrogens (tertiary/aromatic N) is 1. The minimum absolute atomic E-state index is 0.255. The van der Waals surface area contributed by atoms with Crippen molar-refractivity contribution in [3.63, 3.8) is 0 Å². The fourth-order valence-corrected chi connectivity index (χ4v) is 0.870. The molecule has 0 saturated carbocycles. The van der Waals surface area contributed by atoms with Gasteiger partial charge in [0.25, 0.3) is 5.91 Å². The van der Waals surface area contributed by atoms with Gasteiger partial charge in [-0.15, -0.1) is 6.42 Å². The Morgan fingerprint density at radius 1 is 1.73 bits per heavy atom. The van der Waals surface area contributed by atoms with Gasteiger partial charge in [-0.2, -0.15) is 0 Å². The van der Waals surface area contributed by atoms with Crippen molar-refractivity contribution in [2.45, 2.75) is 11.8 Å². The Bertz CT molecular complexity index is 174. The van der Waals surface area contributed by atoms with E-state index in [1.165, 1.54) is 4.90 Å². The first-order chi connectivity index (χ1) is 5.13. The number of terminal acetylenes is 1. The van der Waals surface area contributed by atoms with E-state index in [4.69, 9.17) is 29.6 Å². The summed E-state index contributed by atoms with van der Waals surface area (Å²) in [5.74, 6) is 2.00. The Morgan fingerprint density at radius 2 is 2.27 bits per heavy atom. The number of halogens is 2. The molecule has 0 N–H and O–H groups in total. The standard InChI is InChI=1S/C7H9Cl2NO/c1-3-5-10(4-2)7(11)6(8)9/h1,6H,4-5H2,2H3. The second-order valence-electron chi connectivity index (χ2n) is 1.86. The van der Waals surface area contributed by atoms with Crippen molar-refractivity contribution in [3.8, 4) is 12.3 Å². The topological polar surface area (TPSA) is 20.3 Å². The van der Waals surface area contributed by atoms with E-state index in [0.29, 0.717) is 6.54 Å². The molecule has 0 bridgehead atoms. The van der Waals surface area contributed by atoms with Gasteiger partial charge in [0, 0.05) is 6.54 Å². The molecule has 0 radical (unpaired) electrons. The van der Waals surface area contributed by atoms with Crippen molar-refractivity contribution in [1.82, 2.24) is 4.90 Å². The van der Waals surface area contributed by atoms with Crippen LogP contribution in [-0.2, 0) is 4.79 Å². The summed E-state index contributed by atoms with van der Waals surface area (Å²) in [6, 6.07) is 0. The third kappa shape index (κ3) is 3.50. The molecule has 11 heavy (non-hydrogen) atoms. The third-order valence-electron chi connectivity index (χ3n) is 1.16. The van der Waals surface area contributed by atoms with Crippen LogP contribution in [0.2, 0.25) is 0 Å². The van der Waals surface area contributed by atoms with E-state index in [0.717, 1.165) is 0 Å². The molecule has 4 heteroatoms. The summed E-state index contributed by atoms with van der Waals surface area (Å²) in [6.45, 7) is 2.59. The van der Waals surface area contributed by atoms with Gasteiger partial charge in [-0.3, -0.25) is 4.79 Å². The maximum Gasteiger partial charge on any atom is 0.256 e. The largest absolute Gasteiger partial charge is 0.329 e. The number of rotatable bonds is 3. The average molecular weight is 194 g/mol. The lowest BCUT2D eigenvalue weighted by molar-refractivity contribution is -0.128. The Labute approximate surface area is 76.5 Å². The molecule has 1 amide bonds. The monoisotopic (exact) mass is 193 g/mol. The molecule has 0 aromatic rings. The minimum atomic E-state index is -1.01. The van der Waals surface area contributed by atoms with Gasteiger partial charge in [0.1, 0.15) is 0 Å². The van der Waals surface area contributed by atoms with E-state index < -0.39 is 4.84 Å². The van der Waals surface area contributed by atoms with Gasteiger partial charge < -0.3 is 4.90 Å². The van der Waals surface area contributed by atoms with Crippen LogP contribution in [-0.4, -0.2) is 28.7 Å². The quantitative estimate of drug-likeness (QED) is 0.489. The summed E-state index contributed by atoms with van der Waals surface area (Å²) in [5, 5.41) is 0. The van der Waals surface area contributed by atoms with E-state index in [1.54, 1.807) is 0 Å². The summed E-state index contributed by atoms with van der Waals surface area (Å²) in [7, 11) is 0. The zero-order valence-corrected chi connectivity index (χ0v) is 7.69. The summed E-state index contributed by atoms with van der Waals surface area (Å²) in [4.78, 5) is 11.4. The van der Waals surface area contributed by atoms with Gasteiger partial charge in [0.2, 0.25) is 0 Å². The normalized spacial score (nSPS) is 9.36. The van der Waals surface area contributed by atoms with Crippen molar-refractivity contribution in [2.75, 3.05) is 13.1 Å². The Hall–Kier alpha value is -0.390. The van der Waals surface area contributed by atoms with E-state index in [9.17, 15) is 4.79 Å². The highest BCUT2D eigenvalue weighted by Crippen LogP contribution is 2.05. The van der Waals surface area contributed by atoms with Gasteiger partial charge in [0.05, 0.1) is 6.54 Å². The highest BCUT2D eigenvalue weighted by Gasteiger charge is 2.17. The zero-order chi connectivity index (χ0) is 8.85. The number of amides is 1. The summed E-state index contributed by atoms with van der Waals surface area (Å²) in [6.07, 6.45) is 5.01. The van der Waals surface area contributed by atoms with Gasteiger partial charge in [-0.25, -0.2) is 0 Å². The van der Waals surface area contributed by atoms with E-state index in [2.05, 4.69) is 5.92 Å². The highest BCUT2D eigenvalue weighted by atomic mass is 35.5. The lowest BCUT2D eigenvalue weighted by Crippen LogP contribution is -2.34. The second kappa shape index (κ2) is 5.29. The summed E-state index contributed by atoms with van der Waals surface area (Å²) >= 11 is 10.7. The molecule has 0 aliphatic heterocycles. The molecule has 0 fully saturated rings. The predicted octanol–water partition coefficient (Wildman–Crippen LogP) is 1.27. The molecule has 0 aliphatic carbocycles. The van der Waals surface area contributed by atoms with E-state index in [1.807, 2.05) is 6.92 Å². The first kappa shape index (κ1) is 10.6. The average Bonchev–Trinajstić information content (AvgIpc) is 1.98. The van der Waals surface area contributed by atoms with Crippen LogP contribution in [0, 0.1) is 12.3 Å². The van der Waals surface area contributed by atoms with Crippen molar-refractivity contribution in [2.24, 2.45) is 0 Å². The molecule has 0 aliphatic rings.